The van der Waals surface area contributed by atoms with Crippen LogP contribution in [0.3, 0.4) is 0 Å². The molecule has 0 spiro atoms. The largest absolute Gasteiger partial charge is 0.491 e. The summed E-state index contributed by atoms with van der Waals surface area (Å²) in [6, 6.07) is 5.46. The van der Waals surface area contributed by atoms with Gasteiger partial charge in [-0.15, -0.1) is 0 Å². The van der Waals surface area contributed by atoms with E-state index in [1.807, 2.05) is 0 Å². The third kappa shape index (κ3) is 5.74. The molecule has 2 heterocycles. The molecule has 158 valence electrons. The van der Waals surface area contributed by atoms with Gasteiger partial charge in [-0.1, -0.05) is 23.2 Å². The topological polar surface area (TPSA) is 70.1 Å². The summed E-state index contributed by atoms with van der Waals surface area (Å²) in [6.45, 7) is 3.06. The van der Waals surface area contributed by atoms with Crippen LogP contribution in [0.4, 0.5) is 0 Å². The molecule has 0 amide bonds. The Bertz CT molecular complexity index is 784. The van der Waals surface area contributed by atoms with Crippen LogP contribution in [0.15, 0.2) is 18.2 Å². The van der Waals surface area contributed by atoms with Gasteiger partial charge in [0.15, 0.2) is 0 Å². The molecular weight excluding hydrogens is 423 g/mol. The Hall–Kier alpha value is -0.570. The highest BCUT2D eigenvalue weighted by molar-refractivity contribution is 7.88. The lowest BCUT2D eigenvalue weighted by Crippen LogP contribution is -2.47. The molecule has 1 N–H and O–H groups in total. The Kier molecular flexibility index (Phi) is 7.16. The van der Waals surface area contributed by atoms with E-state index in [0.717, 1.165) is 32.4 Å². The van der Waals surface area contributed by atoms with Crippen molar-refractivity contribution in [2.45, 2.75) is 43.7 Å². The van der Waals surface area contributed by atoms with Gasteiger partial charge < -0.3 is 14.7 Å². The molecule has 2 saturated heterocycles. The van der Waals surface area contributed by atoms with Gasteiger partial charge in [0, 0.05) is 31.7 Å². The van der Waals surface area contributed by atoms with Crippen molar-refractivity contribution in [2.75, 3.05) is 39.0 Å². The van der Waals surface area contributed by atoms with Gasteiger partial charge in [0.2, 0.25) is 10.0 Å². The van der Waals surface area contributed by atoms with Crippen molar-refractivity contribution in [3.05, 3.63) is 28.2 Å². The summed E-state index contributed by atoms with van der Waals surface area (Å²) in [5, 5.41) is 11.9. The lowest BCUT2D eigenvalue weighted by Gasteiger charge is -2.37. The number of sulfonamides is 1. The number of benzene rings is 1. The van der Waals surface area contributed by atoms with Crippen LogP contribution in [0.25, 0.3) is 0 Å². The van der Waals surface area contributed by atoms with E-state index in [1.54, 1.807) is 22.5 Å². The Morgan fingerprint density at radius 2 is 1.86 bits per heavy atom. The molecule has 0 bridgehead atoms. The average Bonchev–Trinajstić information content (AvgIpc) is 2.84. The summed E-state index contributed by atoms with van der Waals surface area (Å²) >= 11 is 11.9. The molecule has 1 aromatic rings. The third-order valence-electron chi connectivity index (χ3n) is 5.76. The number of hydrogen-bond donors (Lipinski definition) is 1. The maximum atomic E-state index is 11.7. The van der Waals surface area contributed by atoms with Crippen LogP contribution >= 0.6 is 23.2 Å². The molecule has 1 atom stereocenters. The van der Waals surface area contributed by atoms with Crippen LogP contribution in [0.5, 0.6) is 5.75 Å². The monoisotopic (exact) mass is 450 g/mol. The Morgan fingerprint density at radius 3 is 2.50 bits per heavy atom. The van der Waals surface area contributed by atoms with Crippen LogP contribution in [0, 0.1) is 0 Å². The first-order chi connectivity index (χ1) is 13.2. The van der Waals surface area contributed by atoms with Crippen molar-refractivity contribution in [1.82, 2.24) is 9.21 Å². The summed E-state index contributed by atoms with van der Waals surface area (Å²) < 4.78 is 30.7. The summed E-state index contributed by atoms with van der Waals surface area (Å²) in [6.07, 6.45) is 5.13. The van der Waals surface area contributed by atoms with Crippen molar-refractivity contribution >= 4 is 33.2 Å². The molecular formula is C19H28Cl2N2O4S. The van der Waals surface area contributed by atoms with E-state index >= 15 is 0 Å². The van der Waals surface area contributed by atoms with E-state index in [2.05, 4.69) is 4.90 Å². The number of ether oxygens (including phenoxy) is 1. The minimum atomic E-state index is -3.10. The zero-order valence-corrected chi connectivity index (χ0v) is 18.4. The van der Waals surface area contributed by atoms with Gasteiger partial charge in [-0.25, -0.2) is 12.7 Å². The number of aliphatic hydroxyl groups is 1. The highest BCUT2D eigenvalue weighted by atomic mass is 35.5. The SMILES string of the molecule is CS(=O)(=O)N1CCC(N2CCC[C@@](O)(COc3ccc(Cl)c(Cl)c3)CC2)CC1. The smallest absolute Gasteiger partial charge is 0.211 e. The Labute approximate surface area is 177 Å². The Balaban J connectivity index is 1.52. The van der Waals surface area contributed by atoms with E-state index in [1.165, 1.54) is 6.26 Å². The summed E-state index contributed by atoms with van der Waals surface area (Å²) in [4.78, 5) is 2.40. The minimum absolute atomic E-state index is 0.214. The van der Waals surface area contributed by atoms with Crippen molar-refractivity contribution in [3.63, 3.8) is 0 Å². The van der Waals surface area contributed by atoms with Gasteiger partial charge in [0.05, 0.1) is 21.9 Å². The maximum Gasteiger partial charge on any atom is 0.211 e. The second kappa shape index (κ2) is 9.06. The molecule has 0 unspecified atom stereocenters. The second-order valence-corrected chi connectivity index (χ2v) is 10.7. The molecule has 3 rings (SSSR count). The van der Waals surface area contributed by atoms with Gasteiger partial charge in [-0.05, 0) is 50.8 Å². The maximum absolute atomic E-state index is 11.7. The molecule has 0 saturated carbocycles. The van der Waals surface area contributed by atoms with Crippen molar-refractivity contribution < 1.29 is 18.3 Å². The first-order valence-corrected chi connectivity index (χ1v) is 12.3. The lowest BCUT2D eigenvalue weighted by molar-refractivity contribution is -0.0179. The molecule has 6 nitrogen and oxygen atoms in total. The van der Waals surface area contributed by atoms with E-state index in [-0.39, 0.29) is 6.61 Å². The fraction of sp³-hybridized carbons (Fsp3) is 0.684. The van der Waals surface area contributed by atoms with Gasteiger partial charge in [-0.3, -0.25) is 0 Å². The van der Waals surface area contributed by atoms with E-state index in [0.29, 0.717) is 47.8 Å². The number of likely N-dealkylation sites (tertiary alicyclic amines) is 1. The molecule has 28 heavy (non-hydrogen) atoms. The quantitative estimate of drug-likeness (QED) is 0.746. The van der Waals surface area contributed by atoms with Crippen LogP contribution in [-0.4, -0.2) is 73.4 Å². The van der Waals surface area contributed by atoms with Crippen LogP contribution in [0.2, 0.25) is 10.0 Å². The molecule has 0 aromatic heterocycles. The molecule has 2 fully saturated rings. The molecule has 2 aliphatic rings. The fourth-order valence-electron chi connectivity index (χ4n) is 4.03. The predicted octanol–water partition coefficient (Wildman–Crippen LogP) is 3.01. The van der Waals surface area contributed by atoms with Gasteiger partial charge >= 0.3 is 0 Å². The van der Waals surface area contributed by atoms with E-state index < -0.39 is 15.6 Å². The number of piperidine rings is 1. The summed E-state index contributed by atoms with van der Waals surface area (Å²) in [7, 11) is -3.10. The predicted molar refractivity (Wildman–Crippen MR) is 112 cm³/mol. The van der Waals surface area contributed by atoms with Crippen molar-refractivity contribution in [1.29, 1.82) is 0 Å². The van der Waals surface area contributed by atoms with Crippen LogP contribution in [0.1, 0.15) is 32.1 Å². The first kappa shape index (κ1) is 22.1. The third-order valence-corrected chi connectivity index (χ3v) is 7.80. The molecule has 0 aliphatic carbocycles. The number of hydrogen-bond acceptors (Lipinski definition) is 5. The second-order valence-electron chi connectivity index (χ2n) is 7.87. The highest BCUT2D eigenvalue weighted by Crippen LogP contribution is 2.30. The first-order valence-electron chi connectivity index (χ1n) is 9.66. The minimum Gasteiger partial charge on any atom is -0.491 e. The van der Waals surface area contributed by atoms with Crippen LogP contribution in [-0.2, 0) is 10.0 Å². The summed E-state index contributed by atoms with van der Waals surface area (Å²) in [5.41, 5.74) is -0.881. The average molecular weight is 451 g/mol. The molecule has 2 aliphatic heterocycles. The molecule has 9 heteroatoms. The lowest BCUT2D eigenvalue weighted by atomic mass is 9.96. The molecule has 0 radical (unpaired) electrons. The fourth-order valence-corrected chi connectivity index (χ4v) is 5.19. The Morgan fingerprint density at radius 1 is 1.14 bits per heavy atom. The summed E-state index contributed by atoms with van der Waals surface area (Å²) in [5.74, 6) is 0.595. The zero-order valence-electron chi connectivity index (χ0n) is 16.1. The standard InChI is InChI=1S/C19H28Cl2N2O4S/c1-28(25,26)23-10-5-15(6-11-23)22-9-2-7-19(24,8-12-22)14-27-16-3-4-17(20)18(21)13-16/h3-4,13,15,24H,2,5-12,14H2,1H3/t19-/m0/s1. The highest BCUT2D eigenvalue weighted by Gasteiger charge is 2.35. The van der Waals surface area contributed by atoms with E-state index in [9.17, 15) is 13.5 Å². The molecule has 1 aromatic carbocycles. The van der Waals surface area contributed by atoms with Gasteiger partial charge in [-0.2, -0.15) is 0 Å². The van der Waals surface area contributed by atoms with Crippen molar-refractivity contribution in [2.24, 2.45) is 0 Å². The van der Waals surface area contributed by atoms with Gasteiger partial charge in [0.1, 0.15) is 12.4 Å². The normalized spacial score (nSPS) is 26.1. The van der Waals surface area contributed by atoms with E-state index in [4.69, 9.17) is 27.9 Å². The number of halogens is 2. The number of nitrogens with zero attached hydrogens (tertiary/aromatic N) is 2. The zero-order chi connectivity index (χ0) is 20.4. The number of rotatable bonds is 5. The van der Waals surface area contributed by atoms with Crippen LogP contribution < -0.4 is 4.74 Å². The van der Waals surface area contributed by atoms with Gasteiger partial charge in [0.25, 0.3) is 0 Å². The van der Waals surface area contributed by atoms with Crippen molar-refractivity contribution in [3.8, 4) is 5.75 Å².